The number of hydrogen-bond acceptors (Lipinski definition) is 1. The van der Waals surface area contributed by atoms with Gasteiger partial charge >= 0.3 is 0 Å². The second-order valence-electron chi connectivity index (χ2n) is 4.95. The fourth-order valence-corrected chi connectivity index (χ4v) is 2.37. The van der Waals surface area contributed by atoms with Crippen LogP contribution in [0, 0.1) is 0 Å². The van der Waals surface area contributed by atoms with Gasteiger partial charge < -0.3 is 0 Å². The molecule has 3 rings (SSSR count). The van der Waals surface area contributed by atoms with Gasteiger partial charge in [-0.1, -0.05) is 42.5 Å². The lowest BCUT2D eigenvalue weighted by Gasteiger charge is -2.04. The highest BCUT2D eigenvalue weighted by Crippen LogP contribution is 2.20. The van der Waals surface area contributed by atoms with E-state index in [0.29, 0.717) is 0 Å². The first kappa shape index (κ1) is 12.5. The van der Waals surface area contributed by atoms with Crippen molar-refractivity contribution in [2.45, 2.75) is 6.92 Å². The molecule has 98 valence electrons. The van der Waals surface area contributed by atoms with E-state index in [1.807, 2.05) is 31.6 Å². The highest BCUT2D eigenvalue weighted by Gasteiger charge is 2.10. The summed E-state index contributed by atoms with van der Waals surface area (Å²) in [5.74, 6) is 0. The third-order valence-electron chi connectivity index (χ3n) is 3.51. The Morgan fingerprint density at radius 3 is 2.50 bits per heavy atom. The molecule has 1 aromatic heterocycles. The van der Waals surface area contributed by atoms with Crippen LogP contribution in [0.1, 0.15) is 18.2 Å². The SMILES string of the molecule is CC(=Cc1c2ccccc2nc[n+]1C)c1ccccc1. The Hall–Kier alpha value is -2.48. The summed E-state index contributed by atoms with van der Waals surface area (Å²) in [5, 5.41) is 1.17. The van der Waals surface area contributed by atoms with Gasteiger partial charge in [0, 0.05) is 0 Å². The molecule has 0 radical (unpaired) electrons. The van der Waals surface area contributed by atoms with Gasteiger partial charge in [0.05, 0.1) is 12.4 Å². The van der Waals surface area contributed by atoms with Crippen LogP contribution in [-0.2, 0) is 7.05 Å². The molecule has 0 unspecified atom stereocenters. The zero-order valence-electron chi connectivity index (χ0n) is 11.7. The zero-order valence-corrected chi connectivity index (χ0v) is 11.7. The first-order valence-electron chi connectivity index (χ1n) is 6.73. The van der Waals surface area contributed by atoms with Gasteiger partial charge in [-0.15, -0.1) is 0 Å². The minimum Gasteiger partial charge on any atom is -0.232 e. The molecule has 0 saturated carbocycles. The van der Waals surface area contributed by atoms with Gasteiger partial charge in [0.2, 0.25) is 0 Å². The lowest BCUT2D eigenvalue weighted by atomic mass is 10.0. The van der Waals surface area contributed by atoms with Crippen molar-refractivity contribution in [3.05, 3.63) is 72.2 Å². The topological polar surface area (TPSA) is 16.8 Å². The van der Waals surface area contributed by atoms with Gasteiger partial charge in [-0.25, -0.2) is 4.57 Å². The van der Waals surface area contributed by atoms with Crippen molar-refractivity contribution in [1.29, 1.82) is 0 Å². The van der Waals surface area contributed by atoms with E-state index in [-0.39, 0.29) is 0 Å². The van der Waals surface area contributed by atoms with Gasteiger partial charge in [0.25, 0.3) is 6.33 Å². The van der Waals surface area contributed by atoms with Crippen molar-refractivity contribution in [1.82, 2.24) is 4.98 Å². The second kappa shape index (κ2) is 5.25. The Labute approximate surface area is 119 Å². The van der Waals surface area contributed by atoms with Crippen molar-refractivity contribution in [3.63, 3.8) is 0 Å². The van der Waals surface area contributed by atoms with Crippen LogP contribution >= 0.6 is 0 Å². The number of aromatic nitrogens is 2. The van der Waals surface area contributed by atoms with Crippen LogP contribution in [0.5, 0.6) is 0 Å². The number of nitrogens with zero attached hydrogens (tertiary/aromatic N) is 2. The first-order chi connectivity index (χ1) is 9.75. The summed E-state index contributed by atoms with van der Waals surface area (Å²) in [4.78, 5) is 4.46. The summed E-state index contributed by atoms with van der Waals surface area (Å²) in [5.41, 5.74) is 4.70. The quantitative estimate of drug-likeness (QED) is 0.644. The minimum absolute atomic E-state index is 1.03. The zero-order chi connectivity index (χ0) is 13.9. The predicted molar refractivity (Wildman–Crippen MR) is 82.9 cm³/mol. The number of para-hydroxylation sites is 1. The largest absolute Gasteiger partial charge is 0.287 e. The van der Waals surface area contributed by atoms with Gasteiger partial charge in [0.15, 0.2) is 5.52 Å². The van der Waals surface area contributed by atoms with Crippen molar-refractivity contribution in [2.75, 3.05) is 0 Å². The van der Waals surface area contributed by atoms with Gasteiger partial charge in [-0.3, -0.25) is 0 Å². The normalized spacial score (nSPS) is 11.8. The molecule has 0 spiro atoms. The van der Waals surface area contributed by atoms with Crippen molar-refractivity contribution in [2.24, 2.45) is 7.05 Å². The molecule has 1 heterocycles. The highest BCUT2D eigenvalue weighted by molar-refractivity contribution is 5.90. The Morgan fingerprint density at radius 1 is 1.00 bits per heavy atom. The second-order valence-corrected chi connectivity index (χ2v) is 4.95. The fourth-order valence-electron chi connectivity index (χ4n) is 2.37. The maximum atomic E-state index is 4.46. The molecule has 0 aliphatic rings. The van der Waals surface area contributed by atoms with Crippen LogP contribution in [0.4, 0.5) is 0 Å². The molecule has 0 aliphatic carbocycles. The Morgan fingerprint density at radius 2 is 1.70 bits per heavy atom. The Kier molecular flexibility index (Phi) is 3.30. The standard InChI is InChI=1S/C18H17N2/c1-14(15-8-4-3-5-9-15)12-18-16-10-6-7-11-17(16)19-13-20(18)2/h3-13H,1-2H3/q+1. The number of rotatable bonds is 2. The molecule has 0 atom stereocenters. The average Bonchev–Trinajstić information content (AvgIpc) is 2.51. The monoisotopic (exact) mass is 261 g/mol. The van der Waals surface area contributed by atoms with Crippen molar-refractivity contribution in [3.8, 4) is 0 Å². The first-order valence-corrected chi connectivity index (χ1v) is 6.73. The molecular weight excluding hydrogens is 244 g/mol. The van der Waals surface area contributed by atoms with E-state index in [1.54, 1.807) is 0 Å². The molecule has 20 heavy (non-hydrogen) atoms. The average molecular weight is 261 g/mol. The summed E-state index contributed by atoms with van der Waals surface area (Å²) >= 11 is 0. The predicted octanol–water partition coefficient (Wildman–Crippen LogP) is 3.62. The molecular formula is C18H17N2+. The van der Waals surface area contributed by atoms with E-state index in [0.717, 1.165) is 5.52 Å². The van der Waals surface area contributed by atoms with E-state index in [2.05, 4.69) is 58.9 Å². The lowest BCUT2D eigenvalue weighted by molar-refractivity contribution is -0.674. The van der Waals surface area contributed by atoms with Crippen molar-refractivity contribution >= 4 is 22.6 Å². The third-order valence-corrected chi connectivity index (χ3v) is 3.51. The maximum Gasteiger partial charge on any atom is 0.287 e. The third kappa shape index (κ3) is 2.32. The molecule has 3 aromatic rings. The lowest BCUT2D eigenvalue weighted by Crippen LogP contribution is -2.32. The maximum absolute atomic E-state index is 4.46. The summed E-state index contributed by atoms with van der Waals surface area (Å²) < 4.78 is 2.06. The van der Waals surface area contributed by atoms with Crippen LogP contribution < -0.4 is 4.57 Å². The molecule has 0 saturated heterocycles. The molecule has 2 heteroatoms. The molecule has 2 aromatic carbocycles. The van der Waals surface area contributed by atoms with Crippen LogP contribution in [0.3, 0.4) is 0 Å². The van der Waals surface area contributed by atoms with E-state index in [4.69, 9.17) is 0 Å². The summed E-state index contributed by atoms with van der Waals surface area (Å²) in [6.07, 6.45) is 4.09. The molecule has 2 nitrogen and oxygen atoms in total. The minimum atomic E-state index is 1.03. The fraction of sp³-hybridized carbons (Fsp3) is 0.111. The summed E-state index contributed by atoms with van der Waals surface area (Å²) in [7, 11) is 2.03. The van der Waals surface area contributed by atoms with Crippen LogP contribution in [0.25, 0.3) is 22.6 Å². The number of aryl methyl sites for hydroxylation is 1. The van der Waals surface area contributed by atoms with Gasteiger partial charge in [-0.05, 0) is 41.3 Å². The molecule has 0 bridgehead atoms. The van der Waals surface area contributed by atoms with E-state index < -0.39 is 0 Å². The number of benzene rings is 2. The van der Waals surface area contributed by atoms with E-state index in [9.17, 15) is 0 Å². The Bertz CT molecular complexity index is 774. The number of allylic oxidation sites excluding steroid dienone is 1. The number of fused-ring (bicyclic) bond motifs is 1. The number of hydrogen-bond donors (Lipinski definition) is 0. The summed E-state index contributed by atoms with van der Waals surface area (Å²) in [6.45, 7) is 2.14. The molecule has 0 fully saturated rings. The van der Waals surface area contributed by atoms with E-state index >= 15 is 0 Å². The van der Waals surface area contributed by atoms with E-state index in [1.165, 1.54) is 22.2 Å². The van der Waals surface area contributed by atoms with Crippen LogP contribution in [0.2, 0.25) is 0 Å². The van der Waals surface area contributed by atoms with Crippen molar-refractivity contribution < 1.29 is 4.57 Å². The van der Waals surface area contributed by atoms with Crippen LogP contribution in [0.15, 0.2) is 60.9 Å². The van der Waals surface area contributed by atoms with Crippen LogP contribution in [-0.4, -0.2) is 4.98 Å². The molecule has 0 aliphatic heterocycles. The smallest absolute Gasteiger partial charge is 0.232 e. The summed E-state index contributed by atoms with van der Waals surface area (Å²) in [6, 6.07) is 18.7. The van der Waals surface area contributed by atoms with Gasteiger partial charge in [-0.2, -0.15) is 0 Å². The molecule has 0 N–H and O–H groups in total. The van der Waals surface area contributed by atoms with Gasteiger partial charge in [0.1, 0.15) is 5.69 Å². The molecule has 0 amide bonds. The Balaban J connectivity index is 2.17. The highest BCUT2D eigenvalue weighted by atomic mass is 15.0.